The zero-order valence-corrected chi connectivity index (χ0v) is 15.6. The van der Waals surface area contributed by atoms with Crippen LogP contribution < -0.4 is 15.6 Å². The minimum absolute atomic E-state index is 0.0285. The van der Waals surface area contributed by atoms with Crippen molar-refractivity contribution in [2.45, 2.75) is 38.8 Å². The maximum Gasteiger partial charge on any atom is 0.343 e. The fraction of sp³-hybridized carbons (Fsp3) is 0.500. The maximum absolute atomic E-state index is 14.9. The first-order valence-electron chi connectivity index (χ1n) is 9.53. The topological polar surface area (TPSA) is 63.6 Å². The van der Waals surface area contributed by atoms with Gasteiger partial charge in [-0.2, -0.15) is 0 Å². The summed E-state index contributed by atoms with van der Waals surface area (Å²) in [6.07, 6.45) is 3.55. The van der Waals surface area contributed by atoms with Crippen molar-refractivity contribution in [2.24, 2.45) is 0 Å². The molecule has 4 rings (SSSR count). The van der Waals surface area contributed by atoms with Crippen LogP contribution in [0.2, 0.25) is 0 Å². The van der Waals surface area contributed by atoms with Gasteiger partial charge in [0.05, 0.1) is 17.8 Å². The summed E-state index contributed by atoms with van der Waals surface area (Å²) in [7, 11) is 0. The summed E-state index contributed by atoms with van der Waals surface area (Å²) in [4.78, 5) is 27.0. The van der Waals surface area contributed by atoms with Crippen LogP contribution in [0.1, 0.15) is 43.1 Å². The van der Waals surface area contributed by atoms with Gasteiger partial charge < -0.3 is 19.5 Å². The lowest BCUT2D eigenvalue weighted by Crippen LogP contribution is -2.49. The number of anilines is 1. The monoisotopic (exact) mass is 373 g/mol. The van der Waals surface area contributed by atoms with Crippen molar-refractivity contribution in [1.29, 1.82) is 0 Å². The van der Waals surface area contributed by atoms with Gasteiger partial charge in [-0.1, -0.05) is 0 Å². The van der Waals surface area contributed by atoms with Crippen LogP contribution in [0.15, 0.2) is 23.1 Å². The molecule has 1 aromatic heterocycles. The Morgan fingerprint density at radius 2 is 2.15 bits per heavy atom. The molecule has 1 saturated heterocycles. The average Bonchev–Trinajstić information content (AvgIpc) is 3.47. The molecule has 0 spiro atoms. The van der Waals surface area contributed by atoms with Gasteiger partial charge in [-0.15, -0.1) is 0 Å². The SMILES string of the molecule is CCOC(=O)c1cn(C2CC2)c2cc(N3CCN[C@H](C)C3)c(F)cc2c1=O. The first-order chi connectivity index (χ1) is 13.0. The van der Waals surface area contributed by atoms with E-state index in [1.165, 1.54) is 6.07 Å². The molecule has 2 aromatic rings. The standard InChI is InChI=1S/C20H24FN3O3/c1-3-27-20(26)15-11-24(13-4-5-13)17-9-18(16(21)8-14(17)19(15)25)23-7-6-22-12(2)10-23/h8-9,11-13,22H,3-7,10H2,1-2H3/t12-/m1/s1. The smallest absolute Gasteiger partial charge is 0.343 e. The molecule has 2 aliphatic rings. The highest BCUT2D eigenvalue weighted by Gasteiger charge is 2.28. The number of piperazine rings is 1. The zero-order valence-electron chi connectivity index (χ0n) is 15.6. The lowest BCUT2D eigenvalue weighted by atomic mass is 10.1. The minimum atomic E-state index is -0.654. The van der Waals surface area contributed by atoms with Crippen LogP contribution in [0.3, 0.4) is 0 Å². The highest BCUT2D eigenvalue weighted by Crippen LogP contribution is 2.38. The van der Waals surface area contributed by atoms with Gasteiger partial charge >= 0.3 is 5.97 Å². The van der Waals surface area contributed by atoms with E-state index in [2.05, 4.69) is 12.2 Å². The number of benzene rings is 1. The number of esters is 1. The van der Waals surface area contributed by atoms with Gasteiger partial charge in [-0.3, -0.25) is 4.79 Å². The van der Waals surface area contributed by atoms with Crippen molar-refractivity contribution in [3.8, 4) is 0 Å². The van der Waals surface area contributed by atoms with E-state index in [0.717, 1.165) is 19.4 Å². The van der Waals surface area contributed by atoms with Gasteiger partial charge in [0, 0.05) is 43.3 Å². The van der Waals surface area contributed by atoms with Crippen molar-refractivity contribution in [3.05, 3.63) is 39.9 Å². The molecule has 1 aliphatic carbocycles. The lowest BCUT2D eigenvalue weighted by Gasteiger charge is -2.34. The number of carbonyl (C=O) groups excluding carboxylic acids is 1. The van der Waals surface area contributed by atoms with E-state index in [4.69, 9.17) is 4.74 Å². The number of halogens is 1. The van der Waals surface area contributed by atoms with Gasteiger partial charge in [0.2, 0.25) is 5.43 Å². The lowest BCUT2D eigenvalue weighted by molar-refractivity contribution is 0.0524. The summed E-state index contributed by atoms with van der Waals surface area (Å²) in [5, 5.41) is 3.58. The number of pyridine rings is 1. The van der Waals surface area contributed by atoms with Crippen LogP contribution in [0.4, 0.5) is 10.1 Å². The quantitative estimate of drug-likeness (QED) is 0.834. The Hall–Kier alpha value is -2.41. The van der Waals surface area contributed by atoms with Crippen molar-refractivity contribution in [2.75, 3.05) is 31.1 Å². The highest BCUT2D eigenvalue weighted by atomic mass is 19.1. The molecule has 0 unspecified atom stereocenters. The number of fused-ring (bicyclic) bond motifs is 1. The number of hydrogen-bond acceptors (Lipinski definition) is 5. The molecule has 1 N–H and O–H groups in total. The summed E-state index contributed by atoms with van der Waals surface area (Å²) in [6.45, 7) is 6.15. The number of aromatic nitrogens is 1. The molecule has 1 atom stereocenters. The summed E-state index contributed by atoms with van der Waals surface area (Å²) in [5.74, 6) is -1.09. The molecule has 0 amide bonds. The van der Waals surface area contributed by atoms with Crippen LogP contribution in [0.5, 0.6) is 0 Å². The average molecular weight is 373 g/mol. The Bertz CT molecular complexity index is 952. The Labute approximate surface area is 156 Å². The molecule has 0 radical (unpaired) electrons. The number of ether oxygens (including phenoxy) is 1. The summed E-state index contributed by atoms with van der Waals surface area (Å²) >= 11 is 0. The van der Waals surface area contributed by atoms with E-state index in [-0.39, 0.29) is 29.6 Å². The Morgan fingerprint density at radius 3 is 2.81 bits per heavy atom. The fourth-order valence-electron chi connectivity index (χ4n) is 3.76. The van der Waals surface area contributed by atoms with Crippen LogP contribution in [0, 0.1) is 5.82 Å². The molecular weight excluding hydrogens is 349 g/mol. The Morgan fingerprint density at radius 1 is 1.37 bits per heavy atom. The van der Waals surface area contributed by atoms with Gasteiger partial charge in [0.15, 0.2) is 0 Å². The third-order valence-electron chi connectivity index (χ3n) is 5.25. The molecule has 27 heavy (non-hydrogen) atoms. The molecule has 1 aromatic carbocycles. The number of nitrogens with one attached hydrogen (secondary N) is 1. The van der Waals surface area contributed by atoms with Crippen LogP contribution >= 0.6 is 0 Å². The largest absolute Gasteiger partial charge is 0.462 e. The normalized spacial score (nSPS) is 20.1. The summed E-state index contributed by atoms with van der Waals surface area (Å²) in [6, 6.07) is 3.55. The maximum atomic E-state index is 14.9. The van der Waals surface area contributed by atoms with Gasteiger partial charge in [-0.05, 0) is 38.8 Å². The molecule has 7 heteroatoms. The molecule has 2 fully saturated rings. The van der Waals surface area contributed by atoms with Gasteiger partial charge in [-0.25, -0.2) is 9.18 Å². The van der Waals surface area contributed by atoms with Crippen LogP contribution in [0.25, 0.3) is 10.9 Å². The molecule has 0 bridgehead atoms. The van der Waals surface area contributed by atoms with Crippen molar-refractivity contribution in [1.82, 2.24) is 9.88 Å². The molecule has 144 valence electrons. The third-order valence-corrected chi connectivity index (χ3v) is 5.25. The number of nitrogens with zero attached hydrogens (tertiary/aromatic N) is 2. The van der Waals surface area contributed by atoms with E-state index in [1.54, 1.807) is 19.2 Å². The molecular formula is C20H24FN3O3. The van der Waals surface area contributed by atoms with E-state index in [1.807, 2.05) is 9.47 Å². The Kier molecular flexibility index (Phi) is 4.63. The zero-order chi connectivity index (χ0) is 19.1. The second-order valence-corrected chi connectivity index (χ2v) is 7.35. The van der Waals surface area contributed by atoms with E-state index < -0.39 is 17.2 Å². The molecule has 1 saturated carbocycles. The summed E-state index contributed by atoms with van der Waals surface area (Å²) < 4.78 is 21.9. The summed E-state index contributed by atoms with van der Waals surface area (Å²) in [5.41, 5.74) is 0.686. The van der Waals surface area contributed by atoms with Gasteiger partial charge in [0.1, 0.15) is 11.4 Å². The molecule has 1 aliphatic heterocycles. The van der Waals surface area contributed by atoms with E-state index in [0.29, 0.717) is 24.3 Å². The number of carbonyl (C=O) groups is 1. The minimum Gasteiger partial charge on any atom is -0.462 e. The first kappa shape index (κ1) is 18.0. The van der Waals surface area contributed by atoms with Gasteiger partial charge in [0.25, 0.3) is 0 Å². The first-order valence-corrected chi connectivity index (χ1v) is 9.53. The van der Waals surface area contributed by atoms with Crippen molar-refractivity contribution < 1.29 is 13.9 Å². The van der Waals surface area contributed by atoms with Crippen molar-refractivity contribution >= 4 is 22.6 Å². The highest BCUT2D eigenvalue weighted by molar-refractivity contribution is 5.94. The second-order valence-electron chi connectivity index (χ2n) is 7.35. The number of hydrogen-bond donors (Lipinski definition) is 1. The van der Waals surface area contributed by atoms with E-state index in [9.17, 15) is 14.0 Å². The molecule has 6 nitrogen and oxygen atoms in total. The number of rotatable bonds is 4. The molecule has 2 heterocycles. The van der Waals surface area contributed by atoms with E-state index >= 15 is 0 Å². The Balaban J connectivity index is 1.88. The second kappa shape index (κ2) is 6.96. The van der Waals surface area contributed by atoms with Crippen LogP contribution in [-0.2, 0) is 4.74 Å². The third kappa shape index (κ3) is 3.32. The van der Waals surface area contributed by atoms with Crippen LogP contribution in [-0.4, -0.2) is 42.8 Å². The van der Waals surface area contributed by atoms with Crippen molar-refractivity contribution in [3.63, 3.8) is 0 Å². The fourth-order valence-corrected chi connectivity index (χ4v) is 3.76. The predicted molar refractivity (Wildman–Crippen MR) is 102 cm³/mol. The predicted octanol–water partition coefficient (Wildman–Crippen LogP) is 2.45.